The zero-order valence-electron chi connectivity index (χ0n) is 17.1. The van der Waals surface area contributed by atoms with Gasteiger partial charge >= 0.3 is 6.03 Å². The Morgan fingerprint density at radius 3 is 2.69 bits per heavy atom. The molecule has 1 aromatic carbocycles. The summed E-state index contributed by atoms with van der Waals surface area (Å²) in [5.41, 5.74) is 0.697. The highest BCUT2D eigenvalue weighted by molar-refractivity contribution is 6.09. The molecule has 2 aliphatic heterocycles. The van der Waals surface area contributed by atoms with Crippen molar-refractivity contribution in [3.8, 4) is 5.75 Å². The minimum absolute atomic E-state index is 0.0719. The molecule has 2 fully saturated rings. The van der Waals surface area contributed by atoms with Gasteiger partial charge in [0.2, 0.25) is 5.91 Å². The van der Waals surface area contributed by atoms with Gasteiger partial charge in [0.15, 0.2) is 0 Å². The number of rotatable bonds is 3. The van der Waals surface area contributed by atoms with E-state index in [4.69, 9.17) is 9.47 Å². The van der Waals surface area contributed by atoms with Crippen LogP contribution in [0.1, 0.15) is 37.8 Å². The molecular weight excluding hydrogens is 374 g/mol. The third-order valence-corrected chi connectivity index (χ3v) is 6.01. The van der Waals surface area contributed by atoms with Crippen LogP contribution in [0.15, 0.2) is 18.2 Å². The van der Waals surface area contributed by atoms with E-state index in [-0.39, 0.29) is 30.6 Å². The van der Waals surface area contributed by atoms with Crippen molar-refractivity contribution in [2.45, 2.75) is 50.9 Å². The van der Waals surface area contributed by atoms with E-state index in [0.29, 0.717) is 19.5 Å². The summed E-state index contributed by atoms with van der Waals surface area (Å²) in [5, 5.41) is 2.89. The second kappa shape index (κ2) is 7.33. The number of carbonyl (C=O) groups is 3. The zero-order valence-corrected chi connectivity index (χ0v) is 17.1. The standard InChI is InChI=1S/C21H27N3O5/c1-13-10-23(11-14(2)29-13)18(25)12-24-19(26)21(22-20(24)27)8-4-5-15-9-16(28-3)6-7-17(15)21/h6-7,9,13-14H,4-5,8,10-12H2,1-3H3,(H,22,27)/t13-,14+,21-/m1/s1. The summed E-state index contributed by atoms with van der Waals surface area (Å²) in [7, 11) is 1.60. The second-order valence-electron chi connectivity index (χ2n) is 8.16. The molecule has 8 nitrogen and oxygen atoms in total. The highest BCUT2D eigenvalue weighted by atomic mass is 16.5. The smallest absolute Gasteiger partial charge is 0.325 e. The molecule has 2 saturated heterocycles. The lowest BCUT2D eigenvalue weighted by atomic mass is 9.76. The summed E-state index contributed by atoms with van der Waals surface area (Å²) in [5.74, 6) is 0.134. The molecule has 3 aliphatic rings. The summed E-state index contributed by atoms with van der Waals surface area (Å²) >= 11 is 0. The molecule has 4 rings (SSSR count). The van der Waals surface area contributed by atoms with E-state index in [9.17, 15) is 14.4 Å². The summed E-state index contributed by atoms with van der Waals surface area (Å²) in [6.45, 7) is 4.48. The van der Waals surface area contributed by atoms with Crippen LogP contribution in [-0.4, -0.2) is 66.6 Å². The van der Waals surface area contributed by atoms with Crippen LogP contribution in [0.4, 0.5) is 4.79 Å². The van der Waals surface area contributed by atoms with Crippen LogP contribution < -0.4 is 10.1 Å². The first-order valence-corrected chi connectivity index (χ1v) is 10.1. The molecule has 156 valence electrons. The van der Waals surface area contributed by atoms with Crippen molar-refractivity contribution in [1.29, 1.82) is 0 Å². The third kappa shape index (κ3) is 3.35. The molecule has 1 aromatic rings. The van der Waals surface area contributed by atoms with Gasteiger partial charge in [0.05, 0.1) is 19.3 Å². The number of amides is 4. The number of carbonyl (C=O) groups excluding carboxylic acids is 3. The predicted octanol–water partition coefficient (Wildman–Crippen LogP) is 1.41. The zero-order chi connectivity index (χ0) is 20.8. The first kappa shape index (κ1) is 19.7. The van der Waals surface area contributed by atoms with Gasteiger partial charge in [-0.3, -0.25) is 14.5 Å². The minimum Gasteiger partial charge on any atom is -0.497 e. The molecule has 0 unspecified atom stereocenters. The van der Waals surface area contributed by atoms with E-state index < -0.39 is 11.6 Å². The maximum absolute atomic E-state index is 13.4. The maximum atomic E-state index is 13.4. The lowest BCUT2D eigenvalue weighted by molar-refractivity contribution is -0.147. The fourth-order valence-electron chi connectivity index (χ4n) is 4.74. The summed E-state index contributed by atoms with van der Waals surface area (Å²) in [4.78, 5) is 41.6. The van der Waals surface area contributed by atoms with Gasteiger partial charge in [-0.05, 0) is 56.4 Å². The van der Waals surface area contributed by atoms with E-state index in [1.165, 1.54) is 0 Å². The molecular formula is C21H27N3O5. The SMILES string of the molecule is COc1ccc2c(c1)CCC[C@@]21NC(=O)N(CC(=O)N2C[C@@H](C)O[C@@H](C)C2)C1=O. The van der Waals surface area contributed by atoms with Gasteiger partial charge in [-0.15, -0.1) is 0 Å². The molecule has 1 aliphatic carbocycles. The summed E-state index contributed by atoms with van der Waals surface area (Å²) in [6, 6.07) is 5.05. The monoisotopic (exact) mass is 401 g/mol. The number of aryl methyl sites for hydroxylation is 1. The number of hydrogen-bond acceptors (Lipinski definition) is 5. The Balaban J connectivity index is 1.56. The average Bonchev–Trinajstić information content (AvgIpc) is 2.91. The number of ether oxygens (including phenoxy) is 2. The van der Waals surface area contributed by atoms with E-state index in [2.05, 4.69) is 5.32 Å². The lowest BCUT2D eigenvalue weighted by Crippen LogP contribution is -2.52. The Morgan fingerprint density at radius 2 is 2.00 bits per heavy atom. The fourth-order valence-corrected chi connectivity index (χ4v) is 4.74. The van der Waals surface area contributed by atoms with E-state index >= 15 is 0 Å². The van der Waals surface area contributed by atoms with Crippen molar-refractivity contribution in [3.05, 3.63) is 29.3 Å². The maximum Gasteiger partial charge on any atom is 0.325 e. The van der Waals surface area contributed by atoms with Crippen molar-refractivity contribution in [2.24, 2.45) is 0 Å². The first-order valence-electron chi connectivity index (χ1n) is 10.1. The van der Waals surface area contributed by atoms with Crippen LogP contribution in [-0.2, 0) is 26.3 Å². The van der Waals surface area contributed by atoms with Gasteiger partial charge in [-0.2, -0.15) is 0 Å². The molecule has 1 spiro atoms. The van der Waals surface area contributed by atoms with Crippen LogP contribution in [0, 0.1) is 0 Å². The Bertz CT molecular complexity index is 847. The third-order valence-electron chi connectivity index (χ3n) is 6.01. The molecule has 0 saturated carbocycles. The van der Waals surface area contributed by atoms with Gasteiger partial charge in [0.25, 0.3) is 5.91 Å². The Labute approximate surface area is 170 Å². The number of nitrogens with zero attached hydrogens (tertiary/aromatic N) is 2. The van der Waals surface area contributed by atoms with E-state index in [1.54, 1.807) is 18.1 Å². The highest BCUT2D eigenvalue weighted by Gasteiger charge is 2.54. The normalized spacial score (nSPS) is 29.1. The van der Waals surface area contributed by atoms with Gasteiger partial charge in [0, 0.05) is 13.1 Å². The van der Waals surface area contributed by atoms with E-state index in [0.717, 1.165) is 34.6 Å². The molecule has 8 heteroatoms. The van der Waals surface area contributed by atoms with E-state index in [1.807, 2.05) is 26.0 Å². The molecule has 29 heavy (non-hydrogen) atoms. The van der Waals surface area contributed by atoms with Crippen molar-refractivity contribution in [1.82, 2.24) is 15.1 Å². The van der Waals surface area contributed by atoms with Crippen LogP contribution >= 0.6 is 0 Å². The number of methoxy groups -OCH3 is 1. The highest BCUT2D eigenvalue weighted by Crippen LogP contribution is 2.41. The molecule has 4 amide bonds. The van der Waals surface area contributed by atoms with Gasteiger partial charge in [-0.1, -0.05) is 6.07 Å². The van der Waals surface area contributed by atoms with Crippen molar-refractivity contribution < 1.29 is 23.9 Å². The van der Waals surface area contributed by atoms with Crippen LogP contribution in [0.3, 0.4) is 0 Å². The summed E-state index contributed by atoms with van der Waals surface area (Å²) < 4.78 is 11.0. The number of benzene rings is 1. The minimum atomic E-state index is -1.09. The van der Waals surface area contributed by atoms with Crippen molar-refractivity contribution in [2.75, 3.05) is 26.7 Å². The number of fused-ring (bicyclic) bond motifs is 2. The predicted molar refractivity (Wildman–Crippen MR) is 104 cm³/mol. The number of morpholine rings is 1. The fraction of sp³-hybridized carbons (Fsp3) is 0.571. The Kier molecular flexibility index (Phi) is 4.98. The van der Waals surface area contributed by atoms with Gasteiger partial charge in [0.1, 0.15) is 17.8 Å². The van der Waals surface area contributed by atoms with Gasteiger partial charge < -0.3 is 19.7 Å². The number of nitrogens with one attached hydrogen (secondary N) is 1. The Morgan fingerprint density at radius 1 is 1.28 bits per heavy atom. The largest absolute Gasteiger partial charge is 0.497 e. The topological polar surface area (TPSA) is 88.2 Å². The Hall–Kier alpha value is -2.61. The van der Waals surface area contributed by atoms with Crippen LogP contribution in [0.5, 0.6) is 5.75 Å². The second-order valence-corrected chi connectivity index (χ2v) is 8.16. The average molecular weight is 401 g/mol. The molecule has 0 aromatic heterocycles. The van der Waals surface area contributed by atoms with Crippen LogP contribution in [0.25, 0.3) is 0 Å². The molecule has 1 N–H and O–H groups in total. The lowest BCUT2D eigenvalue weighted by Gasteiger charge is -2.36. The number of imide groups is 1. The molecule has 0 radical (unpaired) electrons. The van der Waals surface area contributed by atoms with Crippen molar-refractivity contribution >= 4 is 17.8 Å². The molecule has 3 atom stereocenters. The molecule has 2 heterocycles. The van der Waals surface area contributed by atoms with Crippen molar-refractivity contribution in [3.63, 3.8) is 0 Å². The first-order chi connectivity index (χ1) is 13.8. The number of hydrogen-bond donors (Lipinski definition) is 1. The molecule has 0 bridgehead atoms. The van der Waals surface area contributed by atoms with Crippen LogP contribution in [0.2, 0.25) is 0 Å². The quantitative estimate of drug-likeness (QED) is 0.774. The van der Waals surface area contributed by atoms with Gasteiger partial charge in [-0.25, -0.2) is 4.79 Å². The number of urea groups is 1. The summed E-state index contributed by atoms with van der Waals surface area (Å²) in [6.07, 6.45) is 1.97.